The van der Waals surface area contributed by atoms with Gasteiger partial charge in [0.05, 0.1) is 10.5 Å². The molecule has 0 saturated carbocycles. The van der Waals surface area contributed by atoms with Crippen LogP contribution in [0.25, 0.3) is 0 Å². The Balaban J connectivity index is 1.94. The highest BCUT2D eigenvalue weighted by Crippen LogP contribution is 2.26. The van der Waals surface area contributed by atoms with Crippen LogP contribution in [0, 0.1) is 6.92 Å². The highest BCUT2D eigenvalue weighted by atomic mass is 35.5. The van der Waals surface area contributed by atoms with Crippen LogP contribution >= 0.6 is 11.6 Å². The van der Waals surface area contributed by atoms with Gasteiger partial charge in [-0.05, 0) is 49.6 Å². The third kappa shape index (κ3) is 3.77. The number of amides is 1. The summed E-state index contributed by atoms with van der Waals surface area (Å²) in [5.74, 6) is -0.466. The zero-order valence-corrected chi connectivity index (χ0v) is 16.1. The topological polar surface area (TPSA) is 66.5 Å². The minimum absolute atomic E-state index is 0.0408. The number of sulfonamides is 1. The van der Waals surface area contributed by atoms with Crippen molar-refractivity contribution in [2.24, 2.45) is 0 Å². The molecule has 0 radical (unpaired) electrons. The molecule has 0 atom stereocenters. The first kappa shape index (κ1) is 18.9. The Morgan fingerprint density at radius 2 is 1.73 bits per heavy atom. The molecule has 0 spiro atoms. The molecule has 1 fully saturated rings. The lowest BCUT2D eigenvalue weighted by atomic mass is 10.1. The molecule has 0 aromatic heterocycles. The standard InChI is InChI=1S/C19H21ClN2O3S/c1-14-16(20)9-7-10-17(14)21-19(23)15-8-3-4-11-18(15)26(24,25)22-12-5-2-6-13-22/h3-4,7-11H,2,5-6,12-13H2,1H3,(H,21,23). The number of benzene rings is 2. The average Bonchev–Trinajstić information content (AvgIpc) is 2.66. The number of piperidine rings is 1. The molecule has 1 aliphatic rings. The number of nitrogens with one attached hydrogen (secondary N) is 1. The van der Waals surface area contributed by atoms with Gasteiger partial charge in [-0.15, -0.1) is 0 Å². The predicted molar refractivity (Wildman–Crippen MR) is 103 cm³/mol. The molecule has 26 heavy (non-hydrogen) atoms. The van der Waals surface area contributed by atoms with Crippen molar-refractivity contribution in [1.82, 2.24) is 4.31 Å². The molecular weight excluding hydrogens is 372 g/mol. The first-order valence-electron chi connectivity index (χ1n) is 8.57. The van der Waals surface area contributed by atoms with Crippen molar-refractivity contribution in [2.75, 3.05) is 18.4 Å². The maximum atomic E-state index is 13.0. The van der Waals surface area contributed by atoms with Crippen molar-refractivity contribution in [1.29, 1.82) is 0 Å². The highest BCUT2D eigenvalue weighted by Gasteiger charge is 2.29. The number of anilines is 1. The van der Waals surface area contributed by atoms with Crippen LogP contribution in [0.5, 0.6) is 0 Å². The number of carbonyl (C=O) groups excluding carboxylic acids is 1. The monoisotopic (exact) mass is 392 g/mol. The third-order valence-electron chi connectivity index (χ3n) is 4.58. The lowest BCUT2D eigenvalue weighted by Crippen LogP contribution is -2.36. The van der Waals surface area contributed by atoms with E-state index in [2.05, 4.69) is 5.32 Å². The second-order valence-corrected chi connectivity index (χ2v) is 8.64. The maximum absolute atomic E-state index is 13.0. The van der Waals surface area contributed by atoms with E-state index in [1.807, 2.05) is 0 Å². The van der Waals surface area contributed by atoms with E-state index in [4.69, 9.17) is 11.6 Å². The molecule has 5 nitrogen and oxygen atoms in total. The number of nitrogens with zero attached hydrogens (tertiary/aromatic N) is 1. The Morgan fingerprint density at radius 1 is 1.04 bits per heavy atom. The fourth-order valence-electron chi connectivity index (χ4n) is 3.06. The van der Waals surface area contributed by atoms with Gasteiger partial charge in [-0.2, -0.15) is 4.31 Å². The van der Waals surface area contributed by atoms with E-state index in [0.717, 1.165) is 24.8 Å². The Labute approximate surface area is 159 Å². The summed E-state index contributed by atoms with van der Waals surface area (Å²) in [5, 5.41) is 3.32. The first-order valence-corrected chi connectivity index (χ1v) is 10.4. The van der Waals surface area contributed by atoms with Crippen LogP contribution in [-0.4, -0.2) is 31.7 Å². The number of hydrogen-bond acceptors (Lipinski definition) is 3. The molecule has 2 aromatic carbocycles. The summed E-state index contributed by atoms with van der Waals surface area (Å²) >= 11 is 6.09. The second-order valence-electron chi connectivity index (χ2n) is 6.33. The molecule has 138 valence electrons. The normalized spacial score (nSPS) is 15.6. The van der Waals surface area contributed by atoms with E-state index in [0.29, 0.717) is 23.8 Å². The van der Waals surface area contributed by atoms with Gasteiger partial charge in [0.2, 0.25) is 10.0 Å². The Hall–Kier alpha value is -1.89. The van der Waals surface area contributed by atoms with Crippen molar-refractivity contribution in [2.45, 2.75) is 31.1 Å². The maximum Gasteiger partial charge on any atom is 0.257 e. The van der Waals surface area contributed by atoms with Crippen LogP contribution < -0.4 is 5.32 Å². The number of halogens is 1. The molecule has 7 heteroatoms. The van der Waals surface area contributed by atoms with E-state index in [-0.39, 0.29) is 10.5 Å². The molecule has 1 heterocycles. The van der Waals surface area contributed by atoms with E-state index in [9.17, 15) is 13.2 Å². The van der Waals surface area contributed by atoms with Crippen LogP contribution in [-0.2, 0) is 10.0 Å². The van der Waals surface area contributed by atoms with Gasteiger partial charge in [-0.25, -0.2) is 8.42 Å². The SMILES string of the molecule is Cc1c(Cl)cccc1NC(=O)c1ccccc1S(=O)(=O)N1CCCCC1. The zero-order chi connectivity index (χ0) is 18.7. The van der Waals surface area contributed by atoms with Gasteiger partial charge in [-0.3, -0.25) is 4.79 Å². The number of carbonyl (C=O) groups is 1. The summed E-state index contributed by atoms with van der Waals surface area (Å²) < 4.78 is 27.5. The van der Waals surface area contributed by atoms with Gasteiger partial charge in [-0.1, -0.05) is 36.2 Å². The van der Waals surface area contributed by atoms with Crippen molar-refractivity contribution in [3.63, 3.8) is 0 Å². The van der Waals surface area contributed by atoms with Crippen LogP contribution in [0.15, 0.2) is 47.4 Å². The molecule has 2 aromatic rings. The average molecular weight is 393 g/mol. The molecule has 0 unspecified atom stereocenters. The van der Waals surface area contributed by atoms with E-state index in [1.165, 1.54) is 16.4 Å². The largest absolute Gasteiger partial charge is 0.322 e. The molecule has 1 amide bonds. The lowest BCUT2D eigenvalue weighted by Gasteiger charge is -2.26. The van der Waals surface area contributed by atoms with Crippen LogP contribution in [0.1, 0.15) is 35.2 Å². The van der Waals surface area contributed by atoms with Gasteiger partial charge in [0.15, 0.2) is 0 Å². The summed E-state index contributed by atoms with van der Waals surface area (Å²) in [5.41, 5.74) is 1.43. The number of rotatable bonds is 4. The molecule has 1 saturated heterocycles. The summed E-state index contributed by atoms with van der Waals surface area (Å²) in [7, 11) is -3.70. The molecule has 1 aliphatic heterocycles. The van der Waals surface area contributed by atoms with Crippen molar-refractivity contribution in [3.05, 3.63) is 58.6 Å². The Kier molecular flexibility index (Phi) is 5.65. The summed E-state index contributed by atoms with van der Waals surface area (Å²) in [4.78, 5) is 12.8. The fourth-order valence-corrected chi connectivity index (χ4v) is 4.94. The zero-order valence-electron chi connectivity index (χ0n) is 14.5. The fraction of sp³-hybridized carbons (Fsp3) is 0.316. The van der Waals surface area contributed by atoms with Crippen LogP contribution in [0.4, 0.5) is 5.69 Å². The van der Waals surface area contributed by atoms with Crippen molar-refractivity contribution >= 4 is 33.2 Å². The third-order valence-corrected chi connectivity index (χ3v) is 6.95. The molecule has 3 rings (SSSR count). The summed E-state index contributed by atoms with van der Waals surface area (Å²) in [6.45, 7) is 2.78. The van der Waals surface area contributed by atoms with E-state index < -0.39 is 15.9 Å². The molecule has 1 N–H and O–H groups in total. The Morgan fingerprint density at radius 3 is 2.46 bits per heavy atom. The quantitative estimate of drug-likeness (QED) is 0.852. The summed E-state index contributed by atoms with van der Waals surface area (Å²) in [6, 6.07) is 11.5. The minimum atomic E-state index is -3.70. The van der Waals surface area contributed by atoms with Gasteiger partial charge in [0, 0.05) is 23.8 Å². The molecule has 0 bridgehead atoms. The van der Waals surface area contributed by atoms with Gasteiger partial charge in [0.25, 0.3) is 5.91 Å². The van der Waals surface area contributed by atoms with E-state index in [1.54, 1.807) is 37.3 Å². The van der Waals surface area contributed by atoms with Crippen molar-refractivity contribution in [3.8, 4) is 0 Å². The summed E-state index contributed by atoms with van der Waals surface area (Å²) in [6.07, 6.45) is 2.72. The van der Waals surface area contributed by atoms with Crippen molar-refractivity contribution < 1.29 is 13.2 Å². The van der Waals surface area contributed by atoms with Gasteiger partial charge >= 0.3 is 0 Å². The predicted octanol–water partition coefficient (Wildman–Crippen LogP) is 4.08. The lowest BCUT2D eigenvalue weighted by molar-refractivity contribution is 0.102. The van der Waals surface area contributed by atoms with Gasteiger partial charge in [0.1, 0.15) is 0 Å². The van der Waals surface area contributed by atoms with E-state index >= 15 is 0 Å². The first-order chi connectivity index (χ1) is 12.4. The smallest absolute Gasteiger partial charge is 0.257 e. The Bertz CT molecular complexity index is 922. The molecular formula is C19H21ClN2O3S. The van der Waals surface area contributed by atoms with Crippen LogP contribution in [0.3, 0.4) is 0 Å². The highest BCUT2D eigenvalue weighted by molar-refractivity contribution is 7.89. The number of hydrogen-bond donors (Lipinski definition) is 1. The molecule has 0 aliphatic carbocycles. The van der Waals surface area contributed by atoms with Crippen LogP contribution in [0.2, 0.25) is 5.02 Å². The minimum Gasteiger partial charge on any atom is -0.322 e. The van der Waals surface area contributed by atoms with Gasteiger partial charge < -0.3 is 5.32 Å². The second kappa shape index (κ2) is 7.78.